The number of hydrogen-bond donors (Lipinski definition) is 2. The lowest BCUT2D eigenvalue weighted by Crippen LogP contribution is -2.49. The molecule has 0 spiro atoms. The van der Waals surface area contributed by atoms with E-state index in [1.165, 1.54) is 0 Å². The van der Waals surface area contributed by atoms with Crippen LogP contribution in [-0.2, 0) is 9.53 Å². The van der Waals surface area contributed by atoms with Gasteiger partial charge in [0.05, 0.1) is 12.1 Å². The van der Waals surface area contributed by atoms with Crippen LogP contribution in [0.2, 0.25) is 0 Å². The lowest BCUT2D eigenvalue weighted by atomic mass is 9.91. The third-order valence-electron chi connectivity index (χ3n) is 4.15. The maximum Gasteiger partial charge on any atom is 0.237 e. The van der Waals surface area contributed by atoms with Gasteiger partial charge in [0.2, 0.25) is 5.91 Å². The summed E-state index contributed by atoms with van der Waals surface area (Å²) in [5.41, 5.74) is 0. The number of carbonyl (C=O) groups excluding carboxylic acids is 1. The average Bonchev–Trinajstić information content (AvgIpc) is 2.46. The van der Waals surface area contributed by atoms with E-state index in [9.17, 15) is 9.90 Å². The SMILES string of the molecule is CCOCCCNC(=O)C(C)N1CCC(C(C)O)CC1. The molecular weight excluding hydrogens is 256 g/mol. The van der Waals surface area contributed by atoms with Gasteiger partial charge in [-0.1, -0.05) is 0 Å². The van der Waals surface area contributed by atoms with Gasteiger partial charge in [-0.3, -0.25) is 9.69 Å². The quantitative estimate of drug-likeness (QED) is 0.654. The largest absolute Gasteiger partial charge is 0.393 e. The standard InChI is InChI=1S/C15H30N2O3/c1-4-20-11-5-8-16-15(19)12(2)17-9-6-14(7-10-17)13(3)18/h12-14,18H,4-11H2,1-3H3,(H,16,19). The van der Waals surface area contributed by atoms with Crippen LogP contribution in [0.15, 0.2) is 0 Å². The first-order valence-corrected chi connectivity index (χ1v) is 7.83. The topological polar surface area (TPSA) is 61.8 Å². The van der Waals surface area contributed by atoms with Gasteiger partial charge in [0.15, 0.2) is 0 Å². The highest BCUT2D eigenvalue weighted by Crippen LogP contribution is 2.21. The molecule has 2 unspecified atom stereocenters. The smallest absolute Gasteiger partial charge is 0.237 e. The van der Waals surface area contributed by atoms with E-state index < -0.39 is 0 Å². The maximum atomic E-state index is 12.0. The van der Waals surface area contributed by atoms with Crippen LogP contribution in [0.5, 0.6) is 0 Å². The lowest BCUT2D eigenvalue weighted by molar-refractivity contribution is -0.126. The van der Waals surface area contributed by atoms with Crippen LogP contribution in [0.4, 0.5) is 0 Å². The van der Waals surface area contributed by atoms with Crippen LogP contribution in [0.3, 0.4) is 0 Å². The van der Waals surface area contributed by atoms with Gasteiger partial charge < -0.3 is 15.2 Å². The minimum absolute atomic E-state index is 0.0861. The molecule has 0 aromatic carbocycles. The molecule has 0 aromatic rings. The van der Waals surface area contributed by atoms with E-state index in [0.717, 1.165) is 39.0 Å². The van der Waals surface area contributed by atoms with Crippen molar-refractivity contribution < 1.29 is 14.6 Å². The van der Waals surface area contributed by atoms with Crippen molar-refractivity contribution in [2.45, 2.75) is 52.2 Å². The summed E-state index contributed by atoms with van der Waals surface area (Å²) in [6.45, 7) is 9.67. The third-order valence-corrected chi connectivity index (χ3v) is 4.15. The normalized spacial score (nSPS) is 20.6. The zero-order valence-electron chi connectivity index (χ0n) is 13.1. The van der Waals surface area contributed by atoms with Crippen LogP contribution >= 0.6 is 0 Å². The molecule has 118 valence electrons. The minimum atomic E-state index is -0.236. The van der Waals surface area contributed by atoms with E-state index in [2.05, 4.69) is 10.2 Å². The van der Waals surface area contributed by atoms with Crippen molar-refractivity contribution in [3.05, 3.63) is 0 Å². The van der Waals surface area contributed by atoms with Gasteiger partial charge in [0.1, 0.15) is 0 Å². The van der Waals surface area contributed by atoms with Crippen LogP contribution in [0.25, 0.3) is 0 Å². The summed E-state index contributed by atoms with van der Waals surface area (Å²) in [6.07, 6.45) is 2.56. The second kappa shape index (κ2) is 9.32. The van der Waals surface area contributed by atoms with Gasteiger partial charge in [0, 0.05) is 19.8 Å². The minimum Gasteiger partial charge on any atom is -0.393 e. The number of ether oxygens (including phenoxy) is 1. The zero-order valence-corrected chi connectivity index (χ0v) is 13.1. The highest BCUT2D eigenvalue weighted by atomic mass is 16.5. The fourth-order valence-electron chi connectivity index (χ4n) is 2.63. The molecule has 1 heterocycles. The fraction of sp³-hybridized carbons (Fsp3) is 0.933. The first-order chi connectivity index (χ1) is 9.56. The number of rotatable bonds is 8. The molecule has 20 heavy (non-hydrogen) atoms. The Kier molecular flexibility index (Phi) is 8.11. The molecular formula is C15H30N2O3. The van der Waals surface area contributed by atoms with Gasteiger partial charge >= 0.3 is 0 Å². The van der Waals surface area contributed by atoms with Crippen LogP contribution in [0.1, 0.15) is 40.0 Å². The number of nitrogens with zero attached hydrogens (tertiary/aromatic N) is 1. The average molecular weight is 286 g/mol. The number of hydrogen-bond acceptors (Lipinski definition) is 4. The summed E-state index contributed by atoms with van der Waals surface area (Å²) >= 11 is 0. The third kappa shape index (κ3) is 5.77. The molecule has 0 aliphatic carbocycles. The maximum absolute atomic E-state index is 12.0. The monoisotopic (exact) mass is 286 g/mol. The molecule has 1 rings (SSSR count). The molecule has 1 amide bonds. The van der Waals surface area contributed by atoms with Gasteiger partial charge in [-0.05, 0) is 59.0 Å². The summed E-state index contributed by atoms with van der Waals surface area (Å²) in [4.78, 5) is 14.3. The highest BCUT2D eigenvalue weighted by molar-refractivity contribution is 5.81. The number of amides is 1. The fourth-order valence-corrected chi connectivity index (χ4v) is 2.63. The van der Waals surface area contributed by atoms with Crippen molar-refractivity contribution in [2.75, 3.05) is 32.8 Å². The Bertz CT molecular complexity index is 276. The Morgan fingerprint density at radius 3 is 2.60 bits per heavy atom. The molecule has 0 saturated carbocycles. The highest BCUT2D eigenvalue weighted by Gasteiger charge is 2.28. The molecule has 1 fully saturated rings. The van der Waals surface area contributed by atoms with Gasteiger partial charge in [-0.2, -0.15) is 0 Å². The van der Waals surface area contributed by atoms with Crippen molar-refractivity contribution in [3.63, 3.8) is 0 Å². The Morgan fingerprint density at radius 1 is 1.40 bits per heavy atom. The molecule has 1 aliphatic heterocycles. The van der Waals surface area contributed by atoms with E-state index in [1.807, 2.05) is 20.8 Å². The van der Waals surface area contributed by atoms with Gasteiger partial charge in [-0.15, -0.1) is 0 Å². The summed E-state index contributed by atoms with van der Waals surface area (Å²) in [7, 11) is 0. The van der Waals surface area contributed by atoms with Crippen LogP contribution in [0, 0.1) is 5.92 Å². The predicted molar refractivity (Wildman–Crippen MR) is 79.6 cm³/mol. The van der Waals surface area contributed by atoms with Crippen LogP contribution < -0.4 is 5.32 Å². The molecule has 2 atom stereocenters. The molecule has 1 aliphatic rings. The van der Waals surface area contributed by atoms with Crippen molar-refractivity contribution in [1.29, 1.82) is 0 Å². The number of aliphatic hydroxyl groups excluding tert-OH is 1. The summed E-state index contributed by atoms with van der Waals surface area (Å²) in [5.74, 6) is 0.477. The Morgan fingerprint density at radius 2 is 2.05 bits per heavy atom. The van der Waals surface area contributed by atoms with Crippen molar-refractivity contribution >= 4 is 5.91 Å². The summed E-state index contributed by atoms with van der Waals surface area (Å²) < 4.78 is 5.24. The molecule has 5 heteroatoms. The van der Waals surface area contributed by atoms with E-state index in [4.69, 9.17) is 4.74 Å². The molecule has 1 saturated heterocycles. The van der Waals surface area contributed by atoms with Crippen molar-refractivity contribution in [2.24, 2.45) is 5.92 Å². The van der Waals surface area contributed by atoms with E-state index >= 15 is 0 Å². The van der Waals surface area contributed by atoms with Crippen molar-refractivity contribution in [3.8, 4) is 0 Å². The number of likely N-dealkylation sites (tertiary alicyclic amines) is 1. The van der Waals surface area contributed by atoms with E-state index in [1.54, 1.807) is 0 Å². The Hall–Kier alpha value is -0.650. The second-order valence-electron chi connectivity index (χ2n) is 5.63. The number of piperidine rings is 1. The summed E-state index contributed by atoms with van der Waals surface area (Å²) in [6, 6.07) is -0.0861. The molecule has 0 bridgehead atoms. The Balaban J connectivity index is 2.21. The van der Waals surface area contributed by atoms with E-state index in [0.29, 0.717) is 19.1 Å². The lowest BCUT2D eigenvalue weighted by Gasteiger charge is -2.36. The number of carbonyl (C=O) groups is 1. The first kappa shape index (κ1) is 17.4. The first-order valence-electron chi connectivity index (χ1n) is 7.83. The predicted octanol–water partition coefficient (Wildman–Crippen LogP) is 1.01. The Labute approximate surface area is 122 Å². The zero-order chi connectivity index (χ0) is 15.0. The summed E-state index contributed by atoms with van der Waals surface area (Å²) in [5, 5.41) is 12.6. The van der Waals surface area contributed by atoms with Gasteiger partial charge in [-0.25, -0.2) is 0 Å². The van der Waals surface area contributed by atoms with E-state index in [-0.39, 0.29) is 18.1 Å². The van der Waals surface area contributed by atoms with Crippen LogP contribution in [-0.4, -0.2) is 60.9 Å². The van der Waals surface area contributed by atoms with Gasteiger partial charge in [0.25, 0.3) is 0 Å². The molecule has 0 aromatic heterocycles. The van der Waals surface area contributed by atoms with Crippen molar-refractivity contribution in [1.82, 2.24) is 10.2 Å². The number of aliphatic hydroxyl groups is 1. The number of nitrogens with one attached hydrogen (secondary N) is 1. The molecule has 2 N–H and O–H groups in total. The second-order valence-corrected chi connectivity index (χ2v) is 5.63. The molecule has 0 radical (unpaired) electrons. The molecule has 5 nitrogen and oxygen atoms in total.